The minimum absolute atomic E-state index is 0.125. The molecule has 0 saturated carbocycles. The molecule has 0 radical (unpaired) electrons. The van der Waals surface area contributed by atoms with Crippen molar-refractivity contribution in [1.29, 1.82) is 0 Å². The summed E-state index contributed by atoms with van der Waals surface area (Å²) in [4.78, 5) is 18.1. The number of hydrogen-bond acceptors (Lipinski definition) is 4. The minimum Gasteiger partial charge on any atom is -0.445 e. The molecule has 3 rings (SSSR count). The lowest BCUT2D eigenvalue weighted by atomic mass is 10.1. The highest BCUT2D eigenvalue weighted by atomic mass is 19.4. The lowest BCUT2D eigenvalue weighted by Gasteiger charge is -2.26. The van der Waals surface area contributed by atoms with Gasteiger partial charge in [-0.2, -0.15) is 13.2 Å². The Morgan fingerprint density at radius 1 is 1.06 bits per heavy atom. The Labute approximate surface area is 207 Å². The lowest BCUT2D eigenvalue weighted by molar-refractivity contribution is -0.0688. The second kappa shape index (κ2) is 12.2. The molecule has 3 aromatic rings. The third-order valence-electron chi connectivity index (χ3n) is 5.32. The predicted octanol–water partition coefficient (Wildman–Crippen LogP) is 6.61. The summed E-state index contributed by atoms with van der Waals surface area (Å²) in [6, 6.07) is 17.5. The van der Waals surface area contributed by atoms with E-state index in [0.717, 1.165) is 5.56 Å². The molecule has 0 aliphatic heterocycles. The first kappa shape index (κ1) is 26.7. The largest absolute Gasteiger partial charge is 0.445 e. The van der Waals surface area contributed by atoms with Gasteiger partial charge in [0.2, 0.25) is 0 Å². The first-order valence-corrected chi connectivity index (χ1v) is 11.4. The van der Waals surface area contributed by atoms with Gasteiger partial charge in [-0.25, -0.2) is 14.2 Å². The van der Waals surface area contributed by atoms with E-state index in [2.05, 4.69) is 16.9 Å². The number of carbonyl (C=O) groups is 1. The van der Waals surface area contributed by atoms with Crippen molar-refractivity contribution in [2.45, 2.75) is 26.1 Å². The number of alkyl halides is 3. The number of halogens is 4. The smallest absolute Gasteiger partial charge is 0.417 e. The van der Waals surface area contributed by atoms with Crippen LogP contribution in [0.5, 0.6) is 0 Å². The highest BCUT2D eigenvalue weighted by molar-refractivity contribution is 5.73. The van der Waals surface area contributed by atoms with Gasteiger partial charge in [0.1, 0.15) is 12.4 Å². The summed E-state index contributed by atoms with van der Waals surface area (Å²) >= 11 is 0. The Hall–Kier alpha value is -3.88. The van der Waals surface area contributed by atoms with Crippen LogP contribution in [0.15, 0.2) is 73.3 Å². The molecule has 9 heteroatoms. The number of nitrogens with zero attached hydrogens (tertiary/aromatic N) is 2. The summed E-state index contributed by atoms with van der Waals surface area (Å²) in [5, 5.41) is 2.67. The fraction of sp³-hybridized carbons (Fsp3) is 0.259. The number of aromatic nitrogens is 1. The number of nitrogens with one attached hydrogen (secondary N) is 1. The van der Waals surface area contributed by atoms with Crippen LogP contribution in [0.2, 0.25) is 0 Å². The predicted molar refractivity (Wildman–Crippen MR) is 132 cm³/mol. The van der Waals surface area contributed by atoms with Crippen molar-refractivity contribution < 1.29 is 27.1 Å². The summed E-state index contributed by atoms with van der Waals surface area (Å²) in [7, 11) is 0. The van der Waals surface area contributed by atoms with Crippen LogP contribution in [0.1, 0.15) is 24.6 Å². The van der Waals surface area contributed by atoms with E-state index in [-0.39, 0.29) is 24.5 Å². The highest BCUT2D eigenvalue weighted by Gasteiger charge is 2.34. The second-order valence-corrected chi connectivity index (χ2v) is 8.05. The Morgan fingerprint density at radius 3 is 2.39 bits per heavy atom. The van der Waals surface area contributed by atoms with Gasteiger partial charge < -0.3 is 15.0 Å². The molecule has 0 spiro atoms. The van der Waals surface area contributed by atoms with Crippen LogP contribution in [0.25, 0.3) is 16.8 Å². The number of alkyl carbamates (subject to hydrolysis) is 1. The summed E-state index contributed by atoms with van der Waals surface area (Å²) < 4.78 is 58.9. The zero-order chi connectivity index (χ0) is 26.1. The number of carbonyl (C=O) groups excluding carboxylic acids is 1. The monoisotopic (exact) mass is 501 g/mol. The van der Waals surface area contributed by atoms with Gasteiger partial charge in [-0.05, 0) is 48.4 Å². The number of pyridine rings is 1. The number of benzene rings is 2. The average molecular weight is 502 g/mol. The molecule has 1 heterocycles. The molecule has 1 amide bonds. The summed E-state index contributed by atoms with van der Waals surface area (Å²) in [6.07, 6.45) is -4.55. The van der Waals surface area contributed by atoms with Crippen molar-refractivity contribution in [2.75, 3.05) is 24.5 Å². The topological polar surface area (TPSA) is 54.5 Å². The molecule has 0 fully saturated rings. The van der Waals surface area contributed by atoms with E-state index in [1.165, 1.54) is 30.3 Å². The fourth-order valence-electron chi connectivity index (χ4n) is 3.47. The van der Waals surface area contributed by atoms with Gasteiger partial charge >= 0.3 is 12.3 Å². The van der Waals surface area contributed by atoms with Gasteiger partial charge in [-0.1, -0.05) is 43.8 Å². The molecule has 190 valence electrons. The number of anilines is 1. The zero-order valence-electron chi connectivity index (χ0n) is 19.8. The molecule has 0 unspecified atom stereocenters. The molecular formula is C27H27F4N3O2. The van der Waals surface area contributed by atoms with Crippen molar-refractivity contribution >= 4 is 17.4 Å². The molecule has 1 N–H and O–H groups in total. The standard InChI is InChI=1S/C27H27F4N3O2/c1-3-14-34(15-13-32-26(35)36-18-20-7-5-4-6-8-20)23-16-24(19(2)27(29,30)31)33-25(17-23)21-9-11-22(28)12-10-21/h4-12,16-17H,2-3,13-15,18H2,1H3,(H,32,35). The molecule has 0 aliphatic carbocycles. The first-order valence-electron chi connectivity index (χ1n) is 11.4. The SMILES string of the molecule is C=C(c1cc(N(CCC)CCNC(=O)OCc2ccccc2)cc(-c2ccc(F)cc2)n1)C(F)(F)F. The number of ether oxygens (including phenoxy) is 1. The minimum atomic E-state index is -4.66. The lowest BCUT2D eigenvalue weighted by Crippen LogP contribution is -2.35. The summed E-state index contributed by atoms with van der Waals surface area (Å²) in [5.74, 6) is -0.465. The van der Waals surface area contributed by atoms with Crippen LogP contribution in [0.4, 0.5) is 28.0 Å². The maximum Gasteiger partial charge on any atom is 0.417 e. The molecule has 36 heavy (non-hydrogen) atoms. The van der Waals surface area contributed by atoms with Gasteiger partial charge in [-0.15, -0.1) is 0 Å². The van der Waals surface area contributed by atoms with Crippen LogP contribution < -0.4 is 10.2 Å². The number of amides is 1. The molecule has 0 bridgehead atoms. The third-order valence-corrected chi connectivity index (χ3v) is 5.32. The van der Waals surface area contributed by atoms with E-state index in [1.54, 1.807) is 6.07 Å². The van der Waals surface area contributed by atoms with Crippen LogP contribution >= 0.6 is 0 Å². The van der Waals surface area contributed by atoms with Crippen LogP contribution in [0.3, 0.4) is 0 Å². The maximum absolute atomic E-state index is 13.4. The number of hydrogen-bond donors (Lipinski definition) is 1. The maximum atomic E-state index is 13.4. The van der Waals surface area contributed by atoms with Crippen LogP contribution in [0, 0.1) is 5.82 Å². The van der Waals surface area contributed by atoms with Gasteiger partial charge in [0.05, 0.1) is 17.0 Å². The quantitative estimate of drug-likeness (QED) is 0.318. The van der Waals surface area contributed by atoms with E-state index in [4.69, 9.17) is 4.74 Å². The van der Waals surface area contributed by atoms with Gasteiger partial charge in [-0.3, -0.25) is 0 Å². The van der Waals surface area contributed by atoms with Crippen LogP contribution in [-0.2, 0) is 11.3 Å². The fourth-order valence-corrected chi connectivity index (χ4v) is 3.47. The van der Waals surface area contributed by atoms with Gasteiger partial charge in [0, 0.05) is 30.9 Å². The molecule has 0 atom stereocenters. The van der Waals surface area contributed by atoms with Crippen molar-refractivity contribution in [3.8, 4) is 11.3 Å². The average Bonchev–Trinajstić information content (AvgIpc) is 2.86. The van der Waals surface area contributed by atoms with E-state index in [9.17, 15) is 22.4 Å². The summed E-state index contributed by atoms with van der Waals surface area (Å²) in [6.45, 7) is 6.29. The normalized spacial score (nSPS) is 11.1. The van der Waals surface area contributed by atoms with Crippen molar-refractivity contribution in [2.24, 2.45) is 0 Å². The Balaban J connectivity index is 1.77. The van der Waals surface area contributed by atoms with E-state index >= 15 is 0 Å². The van der Waals surface area contributed by atoms with E-state index in [1.807, 2.05) is 42.2 Å². The van der Waals surface area contributed by atoms with E-state index in [0.29, 0.717) is 30.8 Å². The van der Waals surface area contributed by atoms with Crippen LogP contribution in [-0.4, -0.2) is 36.9 Å². The third kappa shape index (κ3) is 7.56. The second-order valence-electron chi connectivity index (χ2n) is 8.05. The molecular weight excluding hydrogens is 474 g/mol. The molecule has 2 aromatic carbocycles. The van der Waals surface area contributed by atoms with Gasteiger partial charge in [0.25, 0.3) is 0 Å². The number of allylic oxidation sites excluding steroid dienone is 1. The zero-order valence-corrected chi connectivity index (χ0v) is 19.8. The molecule has 0 aliphatic rings. The Morgan fingerprint density at radius 2 is 1.75 bits per heavy atom. The molecule has 5 nitrogen and oxygen atoms in total. The Kier molecular flexibility index (Phi) is 9.05. The Bertz CT molecular complexity index is 1170. The van der Waals surface area contributed by atoms with Gasteiger partial charge in [0.15, 0.2) is 0 Å². The first-order chi connectivity index (χ1) is 17.2. The van der Waals surface area contributed by atoms with Crippen molar-refractivity contribution in [3.63, 3.8) is 0 Å². The van der Waals surface area contributed by atoms with Crippen molar-refractivity contribution in [1.82, 2.24) is 10.3 Å². The highest BCUT2D eigenvalue weighted by Crippen LogP contribution is 2.35. The van der Waals surface area contributed by atoms with Crippen molar-refractivity contribution in [3.05, 3.63) is 90.4 Å². The number of rotatable bonds is 10. The van der Waals surface area contributed by atoms with E-state index < -0.39 is 23.7 Å². The molecule has 1 aromatic heterocycles. The molecule has 0 saturated heterocycles. The summed E-state index contributed by atoms with van der Waals surface area (Å²) in [5.41, 5.74) is 0.647.